The summed E-state index contributed by atoms with van der Waals surface area (Å²) >= 11 is 0. The lowest BCUT2D eigenvalue weighted by Gasteiger charge is -2.18. The predicted octanol–water partition coefficient (Wildman–Crippen LogP) is 0.801. The van der Waals surface area contributed by atoms with Crippen LogP contribution in [0.2, 0.25) is 0 Å². The molecule has 1 rings (SSSR count). The first-order valence-electron chi connectivity index (χ1n) is 4.57. The fourth-order valence-corrected chi connectivity index (χ4v) is 2.29. The maximum atomic E-state index is 11.9. The van der Waals surface area contributed by atoms with Crippen molar-refractivity contribution in [1.82, 2.24) is 4.31 Å². The zero-order valence-electron chi connectivity index (χ0n) is 8.97. The Morgan fingerprint density at radius 3 is 2.47 bits per heavy atom. The molecular weight excluding hydrogens is 218 g/mol. The number of sulfonamides is 1. The lowest BCUT2D eigenvalue weighted by atomic mass is 10.4. The van der Waals surface area contributed by atoms with Crippen molar-refractivity contribution in [1.29, 1.82) is 0 Å². The summed E-state index contributed by atoms with van der Waals surface area (Å²) in [5, 5.41) is 8.63. The molecule has 1 N–H and O–H groups in total. The molecular formula is C9H15NO4S. The average molecular weight is 233 g/mol. The highest BCUT2D eigenvalue weighted by atomic mass is 32.2. The molecule has 0 atom stereocenters. The molecule has 1 aromatic heterocycles. The molecule has 0 aliphatic carbocycles. The van der Waals surface area contributed by atoms with Crippen LogP contribution in [0.5, 0.6) is 0 Å². The molecule has 0 saturated carbocycles. The fraction of sp³-hybridized carbons (Fsp3) is 0.556. The summed E-state index contributed by atoms with van der Waals surface area (Å²) in [5.41, 5.74) is 0. The third-order valence-corrected chi connectivity index (χ3v) is 4.06. The van der Waals surface area contributed by atoms with E-state index in [-0.39, 0.29) is 23.5 Å². The fourth-order valence-electron chi connectivity index (χ4n) is 1.00. The quantitative estimate of drug-likeness (QED) is 0.835. The Labute approximate surface area is 89.4 Å². The first-order valence-corrected chi connectivity index (χ1v) is 6.01. The second-order valence-electron chi connectivity index (χ2n) is 3.49. The van der Waals surface area contributed by atoms with Gasteiger partial charge in [-0.3, -0.25) is 0 Å². The second kappa shape index (κ2) is 4.34. The van der Waals surface area contributed by atoms with E-state index in [1.54, 1.807) is 13.8 Å². The van der Waals surface area contributed by atoms with Crippen LogP contribution >= 0.6 is 0 Å². The molecule has 15 heavy (non-hydrogen) atoms. The molecule has 0 amide bonds. The molecule has 0 unspecified atom stereocenters. The van der Waals surface area contributed by atoms with Gasteiger partial charge in [-0.15, -0.1) is 0 Å². The Kier molecular flexibility index (Phi) is 3.54. The van der Waals surface area contributed by atoms with E-state index < -0.39 is 10.0 Å². The zero-order chi connectivity index (χ0) is 11.6. The lowest BCUT2D eigenvalue weighted by Crippen LogP contribution is -2.32. The topological polar surface area (TPSA) is 70.8 Å². The largest absolute Gasteiger partial charge is 0.446 e. The number of nitrogens with zero attached hydrogens (tertiary/aromatic N) is 1. The van der Waals surface area contributed by atoms with Gasteiger partial charge in [0.25, 0.3) is 10.0 Å². The molecule has 0 aromatic carbocycles. The van der Waals surface area contributed by atoms with Gasteiger partial charge >= 0.3 is 0 Å². The van der Waals surface area contributed by atoms with Crippen LogP contribution in [0.25, 0.3) is 0 Å². The molecule has 0 radical (unpaired) electrons. The maximum absolute atomic E-state index is 11.9. The predicted molar refractivity (Wildman–Crippen MR) is 54.7 cm³/mol. The van der Waals surface area contributed by atoms with Crippen LogP contribution in [0.3, 0.4) is 0 Å². The number of aliphatic hydroxyl groups is 1. The van der Waals surface area contributed by atoms with Crippen molar-refractivity contribution >= 4 is 10.0 Å². The van der Waals surface area contributed by atoms with E-state index in [0.717, 1.165) is 0 Å². The van der Waals surface area contributed by atoms with Crippen molar-refractivity contribution in [3.8, 4) is 0 Å². The Balaban J connectivity index is 3.06. The summed E-state index contributed by atoms with van der Waals surface area (Å²) in [6.07, 6.45) is 0. The van der Waals surface area contributed by atoms with Gasteiger partial charge < -0.3 is 9.52 Å². The van der Waals surface area contributed by atoms with E-state index in [0.29, 0.717) is 0 Å². The highest BCUT2D eigenvalue weighted by molar-refractivity contribution is 7.89. The molecule has 1 heterocycles. The van der Waals surface area contributed by atoms with Gasteiger partial charge in [-0.05, 0) is 26.0 Å². The van der Waals surface area contributed by atoms with Gasteiger partial charge in [0.1, 0.15) is 12.4 Å². The minimum absolute atomic E-state index is 0.136. The maximum Gasteiger partial charge on any atom is 0.276 e. The zero-order valence-corrected chi connectivity index (χ0v) is 9.78. The summed E-state index contributed by atoms with van der Waals surface area (Å²) in [5.74, 6) is 0.241. The van der Waals surface area contributed by atoms with Crippen molar-refractivity contribution in [2.75, 3.05) is 7.05 Å². The Bertz CT molecular complexity index is 421. The summed E-state index contributed by atoms with van der Waals surface area (Å²) in [7, 11) is -2.08. The summed E-state index contributed by atoms with van der Waals surface area (Å²) < 4.78 is 29.9. The summed E-state index contributed by atoms with van der Waals surface area (Å²) in [4.78, 5) is 0. The SMILES string of the molecule is CC(C)N(C)S(=O)(=O)c1ccc(CO)o1. The molecule has 0 aliphatic rings. The van der Waals surface area contributed by atoms with Gasteiger partial charge in [0.15, 0.2) is 0 Å². The Hall–Kier alpha value is -0.850. The van der Waals surface area contributed by atoms with Crippen molar-refractivity contribution < 1.29 is 17.9 Å². The van der Waals surface area contributed by atoms with E-state index in [1.807, 2.05) is 0 Å². The van der Waals surface area contributed by atoms with E-state index >= 15 is 0 Å². The van der Waals surface area contributed by atoms with E-state index in [2.05, 4.69) is 0 Å². The smallest absolute Gasteiger partial charge is 0.276 e. The normalized spacial score (nSPS) is 12.7. The van der Waals surface area contributed by atoms with Crippen molar-refractivity contribution in [2.45, 2.75) is 31.6 Å². The number of hydrogen-bond donors (Lipinski definition) is 1. The lowest BCUT2D eigenvalue weighted by molar-refractivity contribution is 0.235. The third-order valence-electron chi connectivity index (χ3n) is 2.15. The molecule has 0 saturated heterocycles. The highest BCUT2D eigenvalue weighted by Gasteiger charge is 2.26. The minimum atomic E-state index is -3.57. The van der Waals surface area contributed by atoms with Crippen LogP contribution in [-0.2, 0) is 16.6 Å². The van der Waals surface area contributed by atoms with Gasteiger partial charge in [0, 0.05) is 13.1 Å². The van der Waals surface area contributed by atoms with Crippen molar-refractivity contribution in [3.05, 3.63) is 17.9 Å². The molecule has 0 aliphatic heterocycles. The van der Waals surface area contributed by atoms with Gasteiger partial charge in [0.2, 0.25) is 5.09 Å². The van der Waals surface area contributed by atoms with Crippen LogP contribution < -0.4 is 0 Å². The molecule has 86 valence electrons. The standard InChI is InChI=1S/C9H15NO4S/c1-7(2)10(3)15(12,13)9-5-4-8(6-11)14-9/h4-5,7,11H,6H2,1-3H3. The molecule has 1 aromatic rings. The first-order chi connectivity index (χ1) is 6.89. The molecule has 0 fully saturated rings. The number of rotatable bonds is 4. The van der Waals surface area contributed by atoms with Crippen LogP contribution in [0.15, 0.2) is 21.6 Å². The Morgan fingerprint density at radius 2 is 2.07 bits per heavy atom. The molecule has 6 heteroatoms. The number of aliphatic hydroxyl groups excluding tert-OH is 1. The average Bonchev–Trinajstić information content (AvgIpc) is 2.65. The minimum Gasteiger partial charge on any atom is -0.446 e. The summed E-state index contributed by atoms with van der Waals surface area (Å²) in [6.45, 7) is 3.24. The number of hydrogen-bond acceptors (Lipinski definition) is 4. The van der Waals surface area contributed by atoms with E-state index in [4.69, 9.17) is 9.52 Å². The van der Waals surface area contributed by atoms with Crippen LogP contribution in [0.4, 0.5) is 0 Å². The van der Waals surface area contributed by atoms with E-state index in [9.17, 15) is 8.42 Å². The first kappa shape index (κ1) is 12.2. The Morgan fingerprint density at radius 1 is 1.47 bits per heavy atom. The number of furan rings is 1. The van der Waals surface area contributed by atoms with Crippen LogP contribution in [0, 0.1) is 0 Å². The third kappa shape index (κ3) is 2.39. The highest BCUT2D eigenvalue weighted by Crippen LogP contribution is 2.19. The van der Waals surface area contributed by atoms with Gasteiger partial charge in [-0.25, -0.2) is 8.42 Å². The molecule has 0 bridgehead atoms. The van der Waals surface area contributed by atoms with Crippen molar-refractivity contribution in [2.24, 2.45) is 0 Å². The van der Waals surface area contributed by atoms with Gasteiger partial charge in [-0.2, -0.15) is 4.31 Å². The van der Waals surface area contributed by atoms with E-state index in [1.165, 1.54) is 23.5 Å². The summed E-state index contributed by atoms with van der Waals surface area (Å²) in [6, 6.07) is 2.65. The van der Waals surface area contributed by atoms with Gasteiger partial charge in [0.05, 0.1) is 0 Å². The van der Waals surface area contributed by atoms with Crippen molar-refractivity contribution in [3.63, 3.8) is 0 Å². The second-order valence-corrected chi connectivity index (χ2v) is 5.42. The van der Waals surface area contributed by atoms with Gasteiger partial charge in [-0.1, -0.05) is 0 Å². The van der Waals surface area contributed by atoms with Crippen LogP contribution in [-0.4, -0.2) is 30.9 Å². The van der Waals surface area contributed by atoms with Crippen LogP contribution in [0.1, 0.15) is 19.6 Å². The molecule has 0 spiro atoms. The molecule has 5 nitrogen and oxygen atoms in total. The monoisotopic (exact) mass is 233 g/mol.